The number of hydrogen-bond acceptors (Lipinski definition) is 6. The maximum absolute atomic E-state index is 12.8. The van der Waals surface area contributed by atoms with Gasteiger partial charge in [0.2, 0.25) is 5.91 Å². The van der Waals surface area contributed by atoms with Gasteiger partial charge in [-0.3, -0.25) is 9.36 Å². The lowest BCUT2D eigenvalue weighted by Crippen LogP contribution is -2.45. The van der Waals surface area contributed by atoms with Crippen LogP contribution in [0.3, 0.4) is 0 Å². The van der Waals surface area contributed by atoms with Crippen LogP contribution in [0.4, 0.5) is 0 Å². The second-order valence-corrected chi connectivity index (χ2v) is 17.5. The summed E-state index contributed by atoms with van der Waals surface area (Å²) in [6, 6.07) is -0.878. The summed E-state index contributed by atoms with van der Waals surface area (Å²) in [6.45, 7) is 4.63. The van der Waals surface area contributed by atoms with Gasteiger partial charge >= 0.3 is 0 Å². The predicted octanol–water partition coefficient (Wildman–Crippen LogP) is 10.9. The van der Waals surface area contributed by atoms with E-state index < -0.39 is 20.0 Å². The third-order valence-corrected chi connectivity index (χ3v) is 10.7. The molecular formula is C42H85N2O6P. The molecule has 8 nitrogen and oxygen atoms in total. The van der Waals surface area contributed by atoms with Crippen molar-refractivity contribution in [3.63, 3.8) is 0 Å². The maximum Gasteiger partial charge on any atom is 0.268 e. The first-order valence-corrected chi connectivity index (χ1v) is 23.0. The van der Waals surface area contributed by atoms with Crippen LogP contribution in [-0.4, -0.2) is 68.5 Å². The van der Waals surface area contributed by atoms with Crippen LogP contribution in [0.15, 0.2) is 12.2 Å². The fraction of sp³-hybridized carbons (Fsp3) is 0.929. The molecule has 0 rings (SSSR count). The van der Waals surface area contributed by atoms with Crippen molar-refractivity contribution in [1.29, 1.82) is 0 Å². The molecule has 1 amide bonds. The van der Waals surface area contributed by atoms with Crippen LogP contribution in [0.5, 0.6) is 0 Å². The molecule has 0 aliphatic rings. The summed E-state index contributed by atoms with van der Waals surface area (Å²) in [5.74, 6) is -0.197. The summed E-state index contributed by atoms with van der Waals surface area (Å²) in [5.41, 5.74) is 0. The van der Waals surface area contributed by atoms with E-state index >= 15 is 0 Å². The molecule has 2 N–H and O–H groups in total. The van der Waals surface area contributed by atoms with E-state index in [-0.39, 0.29) is 19.1 Å². The third kappa shape index (κ3) is 37.4. The zero-order chi connectivity index (χ0) is 37.9. The van der Waals surface area contributed by atoms with Gasteiger partial charge in [0, 0.05) is 6.42 Å². The lowest BCUT2D eigenvalue weighted by atomic mass is 10.0. The number of allylic oxidation sites excluding steroid dienone is 1. The van der Waals surface area contributed by atoms with Crippen LogP contribution in [0.2, 0.25) is 0 Å². The normalized spacial score (nSPS) is 14.6. The monoisotopic (exact) mass is 745 g/mol. The van der Waals surface area contributed by atoms with Gasteiger partial charge in [0.25, 0.3) is 7.82 Å². The van der Waals surface area contributed by atoms with Gasteiger partial charge in [0.15, 0.2) is 0 Å². The van der Waals surface area contributed by atoms with Crippen molar-refractivity contribution in [3.05, 3.63) is 12.2 Å². The van der Waals surface area contributed by atoms with Gasteiger partial charge in [0.1, 0.15) is 13.2 Å². The minimum atomic E-state index is -4.57. The van der Waals surface area contributed by atoms with Gasteiger partial charge in [-0.25, -0.2) is 0 Å². The smallest absolute Gasteiger partial charge is 0.268 e. The Morgan fingerprint density at radius 1 is 0.667 bits per heavy atom. The van der Waals surface area contributed by atoms with E-state index in [1.807, 2.05) is 27.2 Å². The molecule has 0 aromatic carbocycles. The number of aliphatic hydroxyl groups excluding tert-OH is 1. The number of likely N-dealkylation sites (N-methyl/N-ethyl adjacent to an activating group) is 1. The number of amides is 1. The highest BCUT2D eigenvalue weighted by molar-refractivity contribution is 7.45. The average Bonchev–Trinajstić information content (AvgIpc) is 3.07. The second kappa shape index (κ2) is 35.0. The van der Waals surface area contributed by atoms with Crippen molar-refractivity contribution in [2.24, 2.45) is 0 Å². The van der Waals surface area contributed by atoms with Gasteiger partial charge in [0.05, 0.1) is 39.9 Å². The molecule has 0 aromatic rings. The Bertz CT molecular complexity index is 850. The zero-order valence-electron chi connectivity index (χ0n) is 34.3. The molecule has 304 valence electrons. The summed E-state index contributed by atoms with van der Waals surface area (Å²) in [6.07, 6.45) is 38.3. The fourth-order valence-corrected chi connectivity index (χ4v) is 6.99. The van der Waals surface area contributed by atoms with Gasteiger partial charge in [-0.2, -0.15) is 0 Å². The highest BCUT2D eigenvalue weighted by atomic mass is 31.2. The topological polar surface area (TPSA) is 108 Å². The molecule has 9 heteroatoms. The Hall–Kier alpha value is -0.760. The minimum absolute atomic E-state index is 0.00175. The summed E-state index contributed by atoms with van der Waals surface area (Å²) >= 11 is 0. The van der Waals surface area contributed by atoms with E-state index in [0.29, 0.717) is 17.4 Å². The molecule has 1 unspecified atom stereocenters. The average molecular weight is 745 g/mol. The lowest BCUT2D eigenvalue weighted by molar-refractivity contribution is -0.870. The number of carbonyl (C=O) groups excluding carboxylic acids is 1. The molecule has 0 spiro atoms. The highest BCUT2D eigenvalue weighted by Crippen LogP contribution is 2.38. The van der Waals surface area contributed by atoms with Crippen molar-refractivity contribution >= 4 is 13.7 Å². The van der Waals surface area contributed by atoms with E-state index in [1.165, 1.54) is 141 Å². The first kappa shape index (κ1) is 50.2. The number of unbranched alkanes of at least 4 members (excludes halogenated alkanes) is 26. The van der Waals surface area contributed by atoms with Crippen LogP contribution in [0.25, 0.3) is 0 Å². The number of carbonyl (C=O) groups is 1. The molecule has 0 saturated carbocycles. The van der Waals surface area contributed by atoms with Crippen molar-refractivity contribution in [2.45, 2.75) is 212 Å². The number of hydrogen-bond donors (Lipinski definition) is 2. The van der Waals surface area contributed by atoms with E-state index in [4.69, 9.17) is 9.05 Å². The standard InChI is InChI=1S/C42H85N2O6P/c1-6-8-10-12-14-16-18-19-20-21-22-23-24-25-26-28-30-32-34-36-42(46)43-40(39-50-51(47,48)49-38-37-44(3,4)5)41(45)35-33-31-29-27-17-15-13-11-9-7-2/h33,35,40-41,45H,6-32,34,36-39H2,1-5H3,(H-,43,46,47,48)/b35-33+/t40-,41+/m0/s1. The summed E-state index contributed by atoms with van der Waals surface area (Å²) in [5, 5.41) is 13.7. The third-order valence-electron chi connectivity index (χ3n) is 9.75. The largest absolute Gasteiger partial charge is 0.756 e. The molecule has 0 aliphatic carbocycles. The number of nitrogens with one attached hydrogen (secondary N) is 1. The highest BCUT2D eigenvalue weighted by Gasteiger charge is 2.23. The fourth-order valence-electron chi connectivity index (χ4n) is 6.27. The molecule has 0 radical (unpaired) electrons. The number of phosphoric ester groups is 1. The minimum Gasteiger partial charge on any atom is -0.756 e. The Labute approximate surface area is 316 Å². The lowest BCUT2D eigenvalue weighted by Gasteiger charge is -2.29. The van der Waals surface area contributed by atoms with Crippen molar-refractivity contribution in [2.75, 3.05) is 40.9 Å². The van der Waals surface area contributed by atoms with Crippen molar-refractivity contribution in [1.82, 2.24) is 5.32 Å². The number of quaternary nitrogens is 1. The van der Waals surface area contributed by atoms with Crippen molar-refractivity contribution < 1.29 is 32.9 Å². The Morgan fingerprint density at radius 2 is 1.06 bits per heavy atom. The van der Waals surface area contributed by atoms with E-state index in [0.717, 1.165) is 38.5 Å². The molecule has 0 heterocycles. The number of phosphoric acid groups is 1. The molecule has 0 saturated heterocycles. The van der Waals surface area contributed by atoms with Crippen LogP contribution in [0, 0.1) is 0 Å². The first-order chi connectivity index (χ1) is 24.5. The molecule has 0 fully saturated rings. The van der Waals surface area contributed by atoms with E-state index in [9.17, 15) is 19.4 Å². The van der Waals surface area contributed by atoms with Gasteiger partial charge in [-0.05, 0) is 19.3 Å². The Kier molecular flexibility index (Phi) is 34.5. The second-order valence-electron chi connectivity index (χ2n) is 16.1. The van der Waals surface area contributed by atoms with Gasteiger partial charge < -0.3 is 28.8 Å². The first-order valence-electron chi connectivity index (χ1n) is 21.6. The summed E-state index contributed by atoms with van der Waals surface area (Å²) < 4.78 is 23.1. The van der Waals surface area contributed by atoms with Crippen LogP contribution in [0.1, 0.15) is 200 Å². The predicted molar refractivity (Wildman–Crippen MR) is 215 cm³/mol. The van der Waals surface area contributed by atoms with Gasteiger partial charge in [-0.1, -0.05) is 187 Å². The Morgan fingerprint density at radius 3 is 1.47 bits per heavy atom. The Balaban J connectivity index is 4.30. The molecule has 0 bridgehead atoms. The van der Waals surface area contributed by atoms with Crippen molar-refractivity contribution in [3.8, 4) is 0 Å². The summed E-state index contributed by atoms with van der Waals surface area (Å²) in [7, 11) is 1.27. The zero-order valence-corrected chi connectivity index (χ0v) is 35.2. The number of rotatable bonds is 39. The molecule has 51 heavy (non-hydrogen) atoms. The van der Waals surface area contributed by atoms with Crippen LogP contribution in [-0.2, 0) is 18.4 Å². The number of nitrogens with zero attached hydrogens (tertiary/aromatic N) is 1. The SMILES string of the molecule is CCCCCCCCCC/C=C/[C@@H](O)[C@H](COP(=O)([O-])OCC[N+](C)(C)C)NC(=O)CCCCCCCCCCCCCCCCCCCCC. The van der Waals surface area contributed by atoms with Crippen LogP contribution >= 0.6 is 7.82 Å². The molecule has 0 aromatic heterocycles. The summed E-state index contributed by atoms with van der Waals surface area (Å²) in [4.78, 5) is 25.2. The van der Waals surface area contributed by atoms with Crippen LogP contribution < -0.4 is 10.2 Å². The van der Waals surface area contributed by atoms with E-state index in [1.54, 1.807) is 6.08 Å². The quantitative estimate of drug-likeness (QED) is 0.0281. The maximum atomic E-state index is 12.8. The molecule has 3 atom stereocenters. The van der Waals surface area contributed by atoms with E-state index in [2.05, 4.69) is 19.2 Å². The molecule has 0 aliphatic heterocycles. The molecular weight excluding hydrogens is 659 g/mol. The van der Waals surface area contributed by atoms with Gasteiger partial charge in [-0.15, -0.1) is 0 Å². The number of aliphatic hydroxyl groups is 1.